The molecule has 1 aromatic heterocycles. The molecule has 0 spiro atoms. The molecular formula is C26H31N3O2S. The van der Waals surface area contributed by atoms with Gasteiger partial charge in [0.1, 0.15) is 6.54 Å². The lowest BCUT2D eigenvalue weighted by molar-refractivity contribution is -0.133. The molecule has 0 atom stereocenters. The Kier molecular flexibility index (Phi) is 8.45. The number of anilines is 1. The van der Waals surface area contributed by atoms with E-state index >= 15 is 0 Å². The molecule has 3 rings (SSSR count). The van der Waals surface area contributed by atoms with E-state index in [0.717, 1.165) is 33.7 Å². The number of carbonyl (C=O) groups is 2. The highest BCUT2D eigenvalue weighted by Gasteiger charge is 2.22. The third-order valence-corrected chi connectivity index (χ3v) is 6.18. The highest BCUT2D eigenvalue weighted by molar-refractivity contribution is 7.09. The summed E-state index contributed by atoms with van der Waals surface area (Å²) in [7, 11) is 0. The minimum atomic E-state index is -0.242. The number of rotatable bonds is 9. The summed E-state index contributed by atoms with van der Waals surface area (Å²) in [6, 6.07) is 19.7. The largest absolute Gasteiger partial charge is 0.332 e. The number of para-hydroxylation sites is 1. The van der Waals surface area contributed by atoms with Gasteiger partial charge in [-0.25, -0.2) is 4.79 Å². The molecule has 3 amide bonds. The zero-order valence-corrected chi connectivity index (χ0v) is 19.8. The second-order valence-electron chi connectivity index (χ2n) is 7.93. The van der Waals surface area contributed by atoms with Gasteiger partial charge < -0.3 is 15.1 Å². The quantitative estimate of drug-likeness (QED) is 0.446. The molecule has 0 unspecified atom stereocenters. The predicted octanol–water partition coefficient (Wildman–Crippen LogP) is 5.84. The van der Waals surface area contributed by atoms with Gasteiger partial charge in [0.15, 0.2) is 0 Å². The monoisotopic (exact) mass is 449 g/mol. The van der Waals surface area contributed by atoms with Gasteiger partial charge in [-0.15, -0.1) is 11.3 Å². The van der Waals surface area contributed by atoms with Gasteiger partial charge in [-0.2, -0.15) is 0 Å². The average Bonchev–Trinajstić information content (AvgIpc) is 3.29. The van der Waals surface area contributed by atoms with Crippen molar-refractivity contribution in [2.75, 3.05) is 18.4 Å². The lowest BCUT2D eigenvalue weighted by Crippen LogP contribution is -2.44. The van der Waals surface area contributed by atoms with E-state index in [9.17, 15) is 9.59 Å². The Balaban J connectivity index is 1.75. The van der Waals surface area contributed by atoms with E-state index in [-0.39, 0.29) is 18.5 Å². The first kappa shape index (κ1) is 23.5. The third-order valence-electron chi connectivity index (χ3n) is 5.32. The third kappa shape index (κ3) is 6.44. The fourth-order valence-electron chi connectivity index (χ4n) is 3.61. The van der Waals surface area contributed by atoms with Gasteiger partial charge in [0.25, 0.3) is 0 Å². The Bertz CT molecular complexity index is 999. The molecule has 0 saturated heterocycles. The zero-order valence-electron chi connectivity index (χ0n) is 19.0. The number of amides is 3. The number of carbonyl (C=O) groups excluding carboxylic acids is 2. The molecule has 168 valence electrons. The van der Waals surface area contributed by atoms with Crippen LogP contribution in [-0.2, 0) is 17.9 Å². The number of benzene rings is 2. The number of aryl methyl sites for hydroxylation is 2. The van der Waals surface area contributed by atoms with Crippen molar-refractivity contribution in [1.29, 1.82) is 0 Å². The van der Waals surface area contributed by atoms with E-state index in [0.29, 0.717) is 19.6 Å². The van der Waals surface area contributed by atoms with Crippen LogP contribution in [0.1, 0.15) is 34.9 Å². The van der Waals surface area contributed by atoms with Gasteiger partial charge in [-0.3, -0.25) is 4.79 Å². The maximum absolute atomic E-state index is 13.4. The van der Waals surface area contributed by atoms with E-state index in [2.05, 4.69) is 5.32 Å². The Labute approximate surface area is 194 Å². The number of nitrogens with one attached hydrogen (secondary N) is 1. The van der Waals surface area contributed by atoms with Crippen LogP contribution in [0, 0.1) is 13.8 Å². The van der Waals surface area contributed by atoms with Crippen molar-refractivity contribution < 1.29 is 9.59 Å². The molecule has 1 N–H and O–H groups in total. The van der Waals surface area contributed by atoms with Crippen LogP contribution < -0.4 is 5.32 Å². The standard InChI is InChI=1S/C26H31N3O2S/c1-4-15-28(26(31)27-25-20(2)10-8-11-21(25)3)19-24(30)29(18-23-14-9-16-32-23)17-22-12-6-5-7-13-22/h5-14,16H,4,15,17-19H2,1-3H3,(H,27,31). The van der Waals surface area contributed by atoms with Crippen molar-refractivity contribution in [2.45, 2.75) is 40.3 Å². The maximum Gasteiger partial charge on any atom is 0.322 e. The molecule has 32 heavy (non-hydrogen) atoms. The molecule has 0 saturated carbocycles. The summed E-state index contributed by atoms with van der Waals surface area (Å²) < 4.78 is 0. The summed E-state index contributed by atoms with van der Waals surface area (Å²) in [5, 5.41) is 5.04. The first-order valence-electron chi connectivity index (χ1n) is 10.9. The molecule has 0 radical (unpaired) electrons. The van der Waals surface area contributed by atoms with Crippen molar-refractivity contribution in [2.24, 2.45) is 0 Å². The molecule has 0 bridgehead atoms. The molecule has 2 aromatic carbocycles. The van der Waals surface area contributed by atoms with Gasteiger partial charge in [0, 0.05) is 23.7 Å². The summed E-state index contributed by atoms with van der Waals surface area (Å²) in [4.78, 5) is 31.0. The van der Waals surface area contributed by atoms with Gasteiger partial charge in [0.05, 0.1) is 6.54 Å². The molecule has 0 fully saturated rings. The van der Waals surface area contributed by atoms with Crippen molar-refractivity contribution in [3.63, 3.8) is 0 Å². The van der Waals surface area contributed by atoms with Crippen LogP contribution in [0.5, 0.6) is 0 Å². The Morgan fingerprint density at radius 3 is 2.22 bits per heavy atom. The van der Waals surface area contributed by atoms with Gasteiger partial charge >= 0.3 is 6.03 Å². The van der Waals surface area contributed by atoms with Crippen LogP contribution in [0.15, 0.2) is 66.0 Å². The predicted molar refractivity (Wildman–Crippen MR) is 132 cm³/mol. The van der Waals surface area contributed by atoms with Crippen LogP contribution in [-0.4, -0.2) is 34.8 Å². The smallest absolute Gasteiger partial charge is 0.322 e. The van der Waals surface area contributed by atoms with Crippen LogP contribution in [0.25, 0.3) is 0 Å². The summed E-state index contributed by atoms with van der Waals surface area (Å²) in [5.41, 5.74) is 3.89. The first-order chi connectivity index (χ1) is 15.5. The second-order valence-corrected chi connectivity index (χ2v) is 8.97. The van der Waals surface area contributed by atoms with Crippen molar-refractivity contribution in [3.05, 3.63) is 87.6 Å². The lowest BCUT2D eigenvalue weighted by atomic mass is 10.1. The topological polar surface area (TPSA) is 52.7 Å². The van der Waals surface area contributed by atoms with Crippen LogP contribution in [0.2, 0.25) is 0 Å². The Hall–Kier alpha value is -3.12. The summed E-state index contributed by atoms with van der Waals surface area (Å²) in [5.74, 6) is -0.0626. The fraction of sp³-hybridized carbons (Fsp3) is 0.308. The zero-order chi connectivity index (χ0) is 22.9. The molecule has 0 aliphatic rings. The van der Waals surface area contributed by atoms with Crippen LogP contribution in [0.3, 0.4) is 0 Å². The highest BCUT2D eigenvalue weighted by atomic mass is 32.1. The number of urea groups is 1. The van der Waals surface area contributed by atoms with Crippen molar-refractivity contribution in [1.82, 2.24) is 9.80 Å². The first-order valence-corrected chi connectivity index (χ1v) is 11.8. The van der Waals surface area contributed by atoms with E-state index in [1.807, 2.05) is 91.7 Å². The van der Waals surface area contributed by atoms with Gasteiger partial charge in [-0.1, -0.05) is 61.5 Å². The van der Waals surface area contributed by atoms with E-state index < -0.39 is 0 Å². The summed E-state index contributed by atoms with van der Waals surface area (Å²) in [6.07, 6.45) is 0.775. The van der Waals surface area contributed by atoms with Gasteiger partial charge in [0.2, 0.25) is 5.91 Å². The van der Waals surface area contributed by atoms with E-state index in [1.165, 1.54) is 0 Å². The number of thiophene rings is 1. The molecule has 0 aliphatic heterocycles. The summed E-state index contributed by atoms with van der Waals surface area (Å²) >= 11 is 1.63. The molecule has 3 aromatic rings. The maximum atomic E-state index is 13.4. The second kappa shape index (κ2) is 11.5. The molecule has 5 nitrogen and oxygen atoms in total. The fourth-order valence-corrected chi connectivity index (χ4v) is 4.33. The minimum Gasteiger partial charge on any atom is -0.332 e. The number of nitrogens with zero attached hydrogens (tertiary/aromatic N) is 2. The van der Waals surface area contributed by atoms with Crippen LogP contribution >= 0.6 is 11.3 Å². The Morgan fingerprint density at radius 1 is 0.875 bits per heavy atom. The van der Waals surface area contributed by atoms with E-state index in [4.69, 9.17) is 0 Å². The molecule has 6 heteroatoms. The van der Waals surface area contributed by atoms with Crippen molar-refractivity contribution >= 4 is 29.0 Å². The van der Waals surface area contributed by atoms with Gasteiger partial charge in [-0.05, 0) is 48.4 Å². The highest BCUT2D eigenvalue weighted by Crippen LogP contribution is 2.20. The number of hydrogen-bond acceptors (Lipinski definition) is 3. The number of hydrogen-bond donors (Lipinski definition) is 1. The average molecular weight is 450 g/mol. The van der Waals surface area contributed by atoms with E-state index in [1.54, 1.807) is 16.2 Å². The molecule has 1 heterocycles. The van der Waals surface area contributed by atoms with Crippen LogP contribution in [0.4, 0.5) is 10.5 Å². The minimum absolute atomic E-state index is 0.0445. The molecule has 0 aliphatic carbocycles. The Morgan fingerprint density at radius 2 is 1.59 bits per heavy atom. The SMILES string of the molecule is CCCN(CC(=O)N(Cc1ccccc1)Cc1cccs1)C(=O)Nc1c(C)cccc1C. The normalized spacial score (nSPS) is 10.6. The molecular weight excluding hydrogens is 418 g/mol. The lowest BCUT2D eigenvalue weighted by Gasteiger charge is -2.28. The summed E-state index contributed by atoms with van der Waals surface area (Å²) in [6.45, 7) is 7.56. The van der Waals surface area contributed by atoms with Crippen molar-refractivity contribution in [3.8, 4) is 0 Å².